The second-order valence-electron chi connectivity index (χ2n) is 4.57. The highest BCUT2D eigenvalue weighted by molar-refractivity contribution is 8.00. The Balaban J connectivity index is 1.59. The molecule has 0 unspecified atom stereocenters. The monoisotopic (exact) mass is 316 g/mol. The molecule has 0 radical (unpaired) electrons. The van der Waals surface area contributed by atoms with Gasteiger partial charge in [-0.25, -0.2) is 0 Å². The van der Waals surface area contributed by atoms with Gasteiger partial charge in [-0.2, -0.15) is 0 Å². The van der Waals surface area contributed by atoms with Crippen molar-refractivity contribution in [2.75, 3.05) is 11.1 Å². The lowest BCUT2D eigenvalue weighted by Crippen LogP contribution is -2.13. The predicted octanol–water partition coefficient (Wildman–Crippen LogP) is 4.55. The van der Waals surface area contributed by atoms with E-state index in [1.54, 1.807) is 0 Å². The lowest BCUT2D eigenvalue weighted by atomic mass is 10.2. The third-order valence-corrected chi connectivity index (χ3v) is 4.29. The van der Waals surface area contributed by atoms with Gasteiger partial charge in [-0.1, -0.05) is 17.7 Å². The van der Waals surface area contributed by atoms with Crippen LogP contribution in [0.25, 0.3) is 10.9 Å². The van der Waals surface area contributed by atoms with Crippen LogP contribution in [-0.2, 0) is 4.79 Å². The quantitative estimate of drug-likeness (QED) is 0.693. The number of carbonyl (C=O) groups is 1. The minimum atomic E-state index is -0.0270. The van der Waals surface area contributed by atoms with Gasteiger partial charge >= 0.3 is 0 Å². The van der Waals surface area contributed by atoms with Gasteiger partial charge in [-0.15, -0.1) is 11.8 Å². The summed E-state index contributed by atoms with van der Waals surface area (Å²) in [7, 11) is 0. The van der Waals surface area contributed by atoms with E-state index in [2.05, 4.69) is 10.3 Å². The van der Waals surface area contributed by atoms with Crippen LogP contribution in [0.2, 0.25) is 5.02 Å². The van der Waals surface area contributed by atoms with E-state index in [0.29, 0.717) is 10.8 Å². The molecular weight excluding hydrogens is 304 g/mol. The van der Waals surface area contributed by atoms with Crippen molar-refractivity contribution in [2.24, 2.45) is 0 Å². The topological polar surface area (TPSA) is 44.9 Å². The number of fused-ring (bicyclic) bond motifs is 1. The average molecular weight is 317 g/mol. The number of aromatic amines is 1. The number of anilines is 1. The first-order chi connectivity index (χ1) is 10.2. The van der Waals surface area contributed by atoms with Gasteiger partial charge in [0, 0.05) is 27.3 Å². The van der Waals surface area contributed by atoms with E-state index in [9.17, 15) is 4.79 Å². The molecule has 3 rings (SSSR count). The Hall–Kier alpha value is -1.91. The van der Waals surface area contributed by atoms with E-state index in [1.165, 1.54) is 11.8 Å². The Morgan fingerprint density at radius 1 is 1.14 bits per heavy atom. The number of H-pyrrole nitrogens is 1. The molecule has 0 saturated heterocycles. The van der Waals surface area contributed by atoms with Gasteiger partial charge in [0.25, 0.3) is 0 Å². The predicted molar refractivity (Wildman–Crippen MR) is 89.1 cm³/mol. The number of carbonyl (C=O) groups excluding carboxylic acids is 1. The zero-order valence-electron chi connectivity index (χ0n) is 11.1. The lowest BCUT2D eigenvalue weighted by Gasteiger charge is -2.05. The van der Waals surface area contributed by atoms with Gasteiger partial charge in [0.2, 0.25) is 5.91 Å². The van der Waals surface area contributed by atoms with E-state index < -0.39 is 0 Å². The third kappa shape index (κ3) is 3.60. The van der Waals surface area contributed by atoms with Crippen LogP contribution in [0.1, 0.15) is 0 Å². The van der Waals surface area contributed by atoms with Crippen LogP contribution in [-0.4, -0.2) is 16.6 Å². The summed E-state index contributed by atoms with van der Waals surface area (Å²) in [5, 5.41) is 4.73. The fourth-order valence-electron chi connectivity index (χ4n) is 2.00. The summed E-state index contributed by atoms with van der Waals surface area (Å²) in [6.07, 6.45) is 1.88. The van der Waals surface area contributed by atoms with Gasteiger partial charge < -0.3 is 10.3 Å². The van der Waals surface area contributed by atoms with Gasteiger partial charge in [0.15, 0.2) is 0 Å². The number of aromatic nitrogens is 1. The number of nitrogens with one attached hydrogen (secondary N) is 2. The molecule has 5 heteroatoms. The van der Waals surface area contributed by atoms with E-state index in [-0.39, 0.29) is 5.91 Å². The fourth-order valence-corrected chi connectivity index (χ4v) is 2.83. The molecule has 0 aliphatic carbocycles. The molecule has 2 aromatic carbocycles. The first-order valence-corrected chi connectivity index (χ1v) is 7.82. The number of halogens is 1. The highest BCUT2D eigenvalue weighted by Gasteiger charge is 2.05. The van der Waals surface area contributed by atoms with Gasteiger partial charge in [-0.3, -0.25) is 4.79 Å². The van der Waals surface area contributed by atoms with Crippen LogP contribution in [0, 0.1) is 0 Å². The Labute approximate surface area is 131 Å². The summed E-state index contributed by atoms with van der Waals surface area (Å²) in [4.78, 5) is 16.1. The molecule has 0 atom stereocenters. The number of benzene rings is 2. The van der Waals surface area contributed by atoms with Crippen molar-refractivity contribution >= 4 is 45.9 Å². The van der Waals surface area contributed by atoms with E-state index >= 15 is 0 Å². The Bertz CT molecular complexity index is 767. The minimum Gasteiger partial charge on any atom is -0.361 e. The maximum Gasteiger partial charge on any atom is 0.234 e. The summed E-state index contributed by atoms with van der Waals surface area (Å²) in [5.74, 6) is 0.338. The smallest absolute Gasteiger partial charge is 0.234 e. The van der Waals surface area contributed by atoms with Crippen molar-refractivity contribution in [3.8, 4) is 0 Å². The zero-order valence-corrected chi connectivity index (χ0v) is 12.7. The number of hydrogen-bond donors (Lipinski definition) is 2. The molecule has 0 aliphatic heterocycles. The molecule has 0 spiro atoms. The molecule has 3 nitrogen and oxygen atoms in total. The van der Waals surface area contributed by atoms with Crippen LogP contribution < -0.4 is 5.32 Å². The summed E-state index contributed by atoms with van der Waals surface area (Å²) in [6, 6.07) is 15.3. The molecular formula is C16H13ClN2OS. The Morgan fingerprint density at radius 2 is 1.95 bits per heavy atom. The number of hydrogen-bond acceptors (Lipinski definition) is 2. The van der Waals surface area contributed by atoms with Gasteiger partial charge in [0.05, 0.1) is 5.75 Å². The van der Waals surface area contributed by atoms with Crippen molar-refractivity contribution in [1.29, 1.82) is 0 Å². The minimum absolute atomic E-state index is 0.0270. The molecule has 1 aromatic heterocycles. The van der Waals surface area contributed by atoms with Crippen LogP contribution >= 0.6 is 23.4 Å². The van der Waals surface area contributed by atoms with Crippen molar-refractivity contribution in [1.82, 2.24) is 4.98 Å². The SMILES string of the molecule is O=C(CSc1ccc(Cl)cc1)Nc1ccc2cc[nH]c2c1. The van der Waals surface area contributed by atoms with E-state index in [1.807, 2.05) is 54.7 Å². The first kappa shape index (κ1) is 14.0. The van der Waals surface area contributed by atoms with Crippen LogP contribution in [0.5, 0.6) is 0 Å². The average Bonchev–Trinajstić information content (AvgIpc) is 2.94. The maximum atomic E-state index is 12.0. The Morgan fingerprint density at radius 3 is 2.76 bits per heavy atom. The Kier molecular flexibility index (Phi) is 4.18. The fraction of sp³-hybridized carbons (Fsp3) is 0.0625. The largest absolute Gasteiger partial charge is 0.361 e. The molecule has 1 heterocycles. The highest BCUT2D eigenvalue weighted by atomic mass is 35.5. The van der Waals surface area contributed by atoms with Gasteiger partial charge in [0.1, 0.15) is 0 Å². The van der Waals surface area contributed by atoms with Crippen LogP contribution in [0.4, 0.5) is 5.69 Å². The number of rotatable bonds is 4. The molecule has 0 aliphatic rings. The lowest BCUT2D eigenvalue weighted by molar-refractivity contribution is -0.113. The molecule has 2 N–H and O–H groups in total. The summed E-state index contributed by atoms with van der Waals surface area (Å²) in [5.41, 5.74) is 1.81. The maximum absolute atomic E-state index is 12.0. The van der Waals surface area contributed by atoms with Crippen LogP contribution in [0.15, 0.2) is 59.6 Å². The third-order valence-electron chi connectivity index (χ3n) is 3.02. The summed E-state index contributed by atoms with van der Waals surface area (Å²) < 4.78 is 0. The molecule has 106 valence electrons. The van der Waals surface area contributed by atoms with Crippen molar-refractivity contribution in [3.05, 3.63) is 59.8 Å². The zero-order chi connectivity index (χ0) is 14.7. The number of thioether (sulfide) groups is 1. The molecule has 0 fully saturated rings. The van der Waals surface area contributed by atoms with Crippen LogP contribution in [0.3, 0.4) is 0 Å². The van der Waals surface area contributed by atoms with Crippen molar-refractivity contribution < 1.29 is 4.79 Å². The molecule has 1 amide bonds. The summed E-state index contributed by atoms with van der Waals surface area (Å²) >= 11 is 7.31. The van der Waals surface area contributed by atoms with Crippen molar-refractivity contribution in [2.45, 2.75) is 4.90 Å². The molecule has 3 aromatic rings. The normalized spacial score (nSPS) is 10.7. The molecule has 0 saturated carbocycles. The molecule has 21 heavy (non-hydrogen) atoms. The highest BCUT2D eigenvalue weighted by Crippen LogP contribution is 2.21. The van der Waals surface area contributed by atoms with E-state index in [4.69, 9.17) is 11.6 Å². The first-order valence-electron chi connectivity index (χ1n) is 6.46. The standard InChI is InChI=1S/C16H13ClN2OS/c17-12-2-5-14(6-3-12)21-10-16(20)19-13-4-1-11-7-8-18-15(11)9-13/h1-9,18H,10H2,(H,19,20). The summed E-state index contributed by atoms with van der Waals surface area (Å²) in [6.45, 7) is 0. The second kappa shape index (κ2) is 6.24. The van der Waals surface area contributed by atoms with Gasteiger partial charge in [-0.05, 0) is 47.9 Å². The molecule has 0 bridgehead atoms. The second-order valence-corrected chi connectivity index (χ2v) is 6.06. The van der Waals surface area contributed by atoms with E-state index in [0.717, 1.165) is 21.5 Å². The number of amides is 1. The van der Waals surface area contributed by atoms with Crippen molar-refractivity contribution in [3.63, 3.8) is 0 Å².